The first-order valence-corrected chi connectivity index (χ1v) is 6.20. The lowest BCUT2D eigenvalue weighted by Crippen LogP contribution is -2.53. The summed E-state index contributed by atoms with van der Waals surface area (Å²) in [5, 5.41) is 9.56. The number of Topliss-reactive ketones (excluding diaryl/α,β-unsaturated/α-hetero) is 1. The van der Waals surface area contributed by atoms with Gasteiger partial charge in [-0.2, -0.15) is 0 Å². The number of aliphatic hydroxyl groups is 1. The third kappa shape index (κ3) is 3.16. The summed E-state index contributed by atoms with van der Waals surface area (Å²) in [6.07, 6.45) is -5.71. The van der Waals surface area contributed by atoms with Crippen LogP contribution in [0, 0.1) is 5.82 Å². The van der Waals surface area contributed by atoms with Crippen molar-refractivity contribution in [3.8, 4) is 5.75 Å². The zero-order valence-electron chi connectivity index (χ0n) is 10.8. The van der Waals surface area contributed by atoms with Gasteiger partial charge in [0.25, 0.3) is 0 Å². The molecule has 0 radical (unpaired) electrons. The molecule has 1 aliphatic carbocycles. The molecule has 8 heteroatoms. The summed E-state index contributed by atoms with van der Waals surface area (Å²) in [6.45, 7) is 0. The van der Waals surface area contributed by atoms with Gasteiger partial charge in [0.15, 0.2) is 5.78 Å². The summed E-state index contributed by atoms with van der Waals surface area (Å²) in [5.41, 5.74) is 3.60. The van der Waals surface area contributed by atoms with E-state index in [0.29, 0.717) is 6.42 Å². The lowest BCUT2D eigenvalue weighted by atomic mass is 9.75. The first kappa shape index (κ1) is 15.7. The third-order valence-corrected chi connectivity index (χ3v) is 3.44. The quantitative estimate of drug-likeness (QED) is 0.820. The molecule has 0 amide bonds. The summed E-state index contributed by atoms with van der Waals surface area (Å²) in [4.78, 5) is 12.0. The Bertz CT molecular complexity index is 561. The zero-order chi connectivity index (χ0) is 15.8. The van der Waals surface area contributed by atoms with E-state index in [1.807, 2.05) is 0 Å². The number of carbonyl (C=O) groups is 1. The maximum absolute atomic E-state index is 13.9. The van der Waals surface area contributed by atoms with Crippen LogP contribution in [0.15, 0.2) is 18.2 Å². The number of aliphatic hydroxyl groups excluding tert-OH is 1. The Kier molecular flexibility index (Phi) is 3.94. The Hall–Kier alpha value is -1.67. The molecule has 1 aromatic carbocycles. The lowest BCUT2D eigenvalue weighted by molar-refractivity contribution is -0.274. The van der Waals surface area contributed by atoms with E-state index in [4.69, 9.17) is 5.73 Å². The van der Waals surface area contributed by atoms with E-state index < -0.39 is 40.9 Å². The van der Waals surface area contributed by atoms with Crippen LogP contribution >= 0.6 is 0 Å². The molecule has 2 atom stereocenters. The van der Waals surface area contributed by atoms with Gasteiger partial charge in [-0.25, -0.2) is 4.39 Å². The molecule has 1 saturated carbocycles. The smallest absolute Gasteiger partial charge is 0.406 e. The second-order valence-electron chi connectivity index (χ2n) is 4.93. The molecule has 2 unspecified atom stereocenters. The average Bonchev–Trinajstić information content (AvgIpc) is 2.36. The van der Waals surface area contributed by atoms with Crippen molar-refractivity contribution >= 4 is 5.78 Å². The van der Waals surface area contributed by atoms with E-state index in [9.17, 15) is 27.5 Å². The van der Waals surface area contributed by atoms with Gasteiger partial charge in [-0.3, -0.25) is 4.79 Å². The van der Waals surface area contributed by atoms with Crippen LogP contribution in [0.1, 0.15) is 24.8 Å². The second-order valence-corrected chi connectivity index (χ2v) is 4.93. The summed E-state index contributed by atoms with van der Waals surface area (Å²) in [7, 11) is 0. The number of carbonyl (C=O) groups excluding carboxylic acids is 1. The van der Waals surface area contributed by atoms with Crippen LogP contribution in [-0.2, 0) is 10.3 Å². The topological polar surface area (TPSA) is 72.6 Å². The minimum Gasteiger partial charge on any atom is -0.406 e. The Morgan fingerprint density at radius 1 is 1.38 bits per heavy atom. The van der Waals surface area contributed by atoms with Gasteiger partial charge in [0.2, 0.25) is 0 Å². The number of hydrogen-bond donors (Lipinski definition) is 2. The van der Waals surface area contributed by atoms with Gasteiger partial charge < -0.3 is 15.6 Å². The van der Waals surface area contributed by atoms with E-state index in [-0.39, 0.29) is 12.8 Å². The number of nitrogens with two attached hydrogens (primary N) is 1. The van der Waals surface area contributed by atoms with Crippen molar-refractivity contribution in [2.24, 2.45) is 5.73 Å². The summed E-state index contributed by atoms with van der Waals surface area (Å²) in [5.74, 6) is -2.40. The van der Waals surface area contributed by atoms with E-state index in [0.717, 1.165) is 18.2 Å². The molecule has 0 spiro atoms. The minimum atomic E-state index is -4.94. The second kappa shape index (κ2) is 5.27. The van der Waals surface area contributed by atoms with Crippen LogP contribution in [0.25, 0.3) is 0 Å². The number of halogens is 4. The molecule has 1 aromatic rings. The van der Waals surface area contributed by atoms with Gasteiger partial charge in [0, 0.05) is 5.56 Å². The van der Waals surface area contributed by atoms with Crippen molar-refractivity contribution in [2.45, 2.75) is 37.3 Å². The van der Waals surface area contributed by atoms with Gasteiger partial charge >= 0.3 is 6.36 Å². The molecule has 1 aliphatic rings. The zero-order valence-corrected chi connectivity index (χ0v) is 10.8. The molecule has 3 N–H and O–H groups in total. The maximum Gasteiger partial charge on any atom is 0.573 e. The molecule has 21 heavy (non-hydrogen) atoms. The van der Waals surface area contributed by atoms with Crippen LogP contribution in [0.3, 0.4) is 0 Å². The van der Waals surface area contributed by atoms with Crippen molar-refractivity contribution in [2.75, 3.05) is 0 Å². The highest BCUT2D eigenvalue weighted by atomic mass is 19.4. The van der Waals surface area contributed by atoms with E-state index in [1.54, 1.807) is 0 Å². The predicted octanol–water partition coefficient (Wildman–Crippen LogP) is 1.99. The van der Waals surface area contributed by atoms with Crippen molar-refractivity contribution in [1.82, 2.24) is 0 Å². The van der Waals surface area contributed by atoms with Crippen LogP contribution in [-0.4, -0.2) is 23.4 Å². The van der Waals surface area contributed by atoms with Crippen LogP contribution in [0.4, 0.5) is 17.6 Å². The molecule has 1 fully saturated rings. The van der Waals surface area contributed by atoms with Crippen molar-refractivity contribution < 1.29 is 32.2 Å². The highest BCUT2D eigenvalue weighted by Gasteiger charge is 2.44. The van der Waals surface area contributed by atoms with Crippen LogP contribution < -0.4 is 10.5 Å². The Labute approximate surface area is 117 Å². The molecule has 116 valence electrons. The molecule has 4 nitrogen and oxygen atoms in total. The number of ketones is 1. The maximum atomic E-state index is 13.9. The molecular formula is C13H13F4NO3. The predicted molar refractivity (Wildman–Crippen MR) is 63.8 cm³/mol. The van der Waals surface area contributed by atoms with Crippen LogP contribution in [0.2, 0.25) is 0 Å². The molecule has 0 aromatic heterocycles. The van der Waals surface area contributed by atoms with Crippen molar-refractivity contribution in [3.05, 3.63) is 29.6 Å². The average molecular weight is 307 g/mol. The van der Waals surface area contributed by atoms with E-state index in [2.05, 4.69) is 4.74 Å². The first-order chi connectivity index (χ1) is 9.63. The highest BCUT2D eigenvalue weighted by Crippen LogP contribution is 2.36. The van der Waals surface area contributed by atoms with Gasteiger partial charge in [-0.1, -0.05) is 0 Å². The minimum absolute atomic E-state index is 0.0370. The molecule has 0 heterocycles. The Balaban J connectivity index is 2.42. The normalized spacial score (nSPS) is 26.8. The van der Waals surface area contributed by atoms with E-state index in [1.165, 1.54) is 0 Å². The van der Waals surface area contributed by atoms with Gasteiger partial charge in [-0.05, 0) is 37.5 Å². The fourth-order valence-electron chi connectivity index (χ4n) is 2.44. The van der Waals surface area contributed by atoms with Crippen LogP contribution in [0.5, 0.6) is 5.75 Å². The van der Waals surface area contributed by atoms with Crippen molar-refractivity contribution in [3.63, 3.8) is 0 Å². The summed E-state index contributed by atoms with van der Waals surface area (Å²) >= 11 is 0. The third-order valence-electron chi connectivity index (χ3n) is 3.44. The number of rotatable bonds is 2. The van der Waals surface area contributed by atoms with Gasteiger partial charge in [0.05, 0.1) is 0 Å². The number of hydrogen-bond acceptors (Lipinski definition) is 4. The number of benzene rings is 1. The Morgan fingerprint density at radius 3 is 2.67 bits per heavy atom. The highest BCUT2D eigenvalue weighted by molar-refractivity contribution is 5.93. The lowest BCUT2D eigenvalue weighted by Gasteiger charge is -2.35. The Morgan fingerprint density at radius 2 is 2.05 bits per heavy atom. The first-order valence-electron chi connectivity index (χ1n) is 6.20. The molecule has 0 aliphatic heterocycles. The fraction of sp³-hybridized carbons (Fsp3) is 0.462. The summed E-state index contributed by atoms with van der Waals surface area (Å²) < 4.78 is 54.2. The van der Waals surface area contributed by atoms with Gasteiger partial charge in [-0.15, -0.1) is 13.2 Å². The molecular weight excluding hydrogens is 294 g/mol. The standard InChI is InChI=1S/C13H13F4NO3/c14-9-4-3-7(21-13(15,16)17)6-8(9)12(18)5-1-2-10(19)11(12)20/h3-4,6,10,19H,1-2,5,18H2. The van der Waals surface area contributed by atoms with E-state index >= 15 is 0 Å². The fourth-order valence-corrected chi connectivity index (χ4v) is 2.44. The van der Waals surface area contributed by atoms with Gasteiger partial charge in [0.1, 0.15) is 23.2 Å². The number of alkyl halides is 3. The molecule has 2 rings (SSSR count). The largest absolute Gasteiger partial charge is 0.573 e. The monoisotopic (exact) mass is 307 g/mol. The summed E-state index contributed by atoms with van der Waals surface area (Å²) in [6, 6.07) is 2.29. The SMILES string of the molecule is NC1(c2cc(OC(F)(F)F)ccc2F)CCCC(O)C1=O. The number of ether oxygens (including phenoxy) is 1. The van der Waals surface area contributed by atoms with Crippen molar-refractivity contribution in [1.29, 1.82) is 0 Å². The molecule has 0 saturated heterocycles. The molecule has 0 bridgehead atoms.